The number of nitrogens with one attached hydrogen (secondary N) is 1. The molecule has 2 N–H and O–H groups in total. The van der Waals surface area contributed by atoms with Gasteiger partial charge in [0.1, 0.15) is 0 Å². The third-order valence-corrected chi connectivity index (χ3v) is 3.74. The van der Waals surface area contributed by atoms with Gasteiger partial charge in [-0.2, -0.15) is 4.98 Å². The van der Waals surface area contributed by atoms with Gasteiger partial charge in [-0.1, -0.05) is 26.0 Å². The summed E-state index contributed by atoms with van der Waals surface area (Å²) in [5.41, 5.74) is 0.136. The van der Waals surface area contributed by atoms with Crippen molar-refractivity contribution in [3.05, 3.63) is 45.1 Å². The highest BCUT2D eigenvalue weighted by atomic mass is 16.3. The second-order valence-electron chi connectivity index (χ2n) is 5.51. The molecule has 0 amide bonds. The Morgan fingerprint density at radius 1 is 1.23 bits per heavy atom. The molecule has 0 aromatic heterocycles. The molecule has 0 unspecified atom stereocenters. The summed E-state index contributed by atoms with van der Waals surface area (Å²) in [6.07, 6.45) is 0. The number of aromatic nitrogens is 4. The summed E-state index contributed by atoms with van der Waals surface area (Å²) in [7, 11) is 0. The molecule has 0 spiro atoms. The number of benzene rings is 1. The fraction of sp³-hybridized carbons (Fsp3) is 0.333. The van der Waals surface area contributed by atoms with Gasteiger partial charge in [-0.3, -0.25) is 9.78 Å². The van der Waals surface area contributed by atoms with Crippen molar-refractivity contribution in [1.82, 2.24) is 19.5 Å². The van der Waals surface area contributed by atoms with Crippen molar-refractivity contribution in [2.24, 2.45) is 5.92 Å². The minimum absolute atomic E-state index is 0.0835. The number of H-pyrrole nitrogens is 1. The lowest BCUT2D eigenvalue weighted by atomic mass is 10.0. The topological polar surface area (TPSA) is 101 Å². The number of aromatic amines is 1. The molecule has 0 bridgehead atoms. The molecule has 0 aliphatic carbocycles. The van der Waals surface area contributed by atoms with E-state index in [2.05, 4.69) is 15.0 Å². The van der Waals surface area contributed by atoms with Crippen molar-refractivity contribution in [2.75, 3.05) is 6.61 Å². The maximum absolute atomic E-state index is 12.0. The van der Waals surface area contributed by atoms with Gasteiger partial charge < -0.3 is 9.67 Å². The van der Waals surface area contributed by atoms with Crippen LogP contribution in [0.5, 0.6) is 0 Å². The van der Waals surface area contributed by atoms with E-state index in [-0.39, 0.29) is 30.1 Å². The molecule has 2 aliphatic rings. The van der Waals surface area contributed by atoms with Gasteiger partial charge in [0.2, 0.25) is 0 Å². The van der Waals surface area contributed by atoms with Gasteiger partial charge >= 0.3 is 5.69 Å². The van der Waals surface area contributed by atoms with E-state index in [1.54, 1.807) is 10.6 Å². The van der Waals surface area contributed by atoms with E-state index in [0.29, 0.717) is 5.52 Å². The first-order valence-corrected chi connectivity index (χ1v) is 7.05. The van der Waals surface area contributed by atoms with Crippen LogP contribution in [-0.2, 0) is 0 Å². The molecular weight excluding hydrogens is 284 g/mol. The third kappa shape index (κ3) is 2.19. The molecule has 0 saturated carbocycles. The Hall–Kier alpha value is -2.54. The number of aliphatic hydroxyl groups excluding tert-OH is 1. The largest absolute Gasteiger partial charge is 0.394 e. The number of hydrogen-bond donors (Lipinski definition) is 2. The van der Waals surface area contributed by atoms with E-state index in [4.69, 9.17) is 0 Å². The quantitative estimate of drug-likeness (QED) is 0.696. The molecule has 22 heavy (non-hydrogen) atoms. The van der Waals surface area contributed by atoms with Crippen LogP contribution in [0, 0.1) is 5.92 Å². The summed E-state index contributed by atoms with van der Waals surface area (Å²) in [5.74, 6) is 0.278. The summed E-state index contributed by atoms with van der Waals surface area (Å²) < 4.78 is 1.74. The monoisotopic (exact) mass is 300 g/mol. The number of nitrogens with zero attached hydrogens (tertiary/aromatic N) is 3. The summed E-state index contributed by atoms with van der Waals surface area (Å²) in [6.45, 7) is 3.79. The zero-order valence-corrected chi connectivity index (χ0v) is 12.3. The van der Waals surface area contributed by atoms with Crippen LogP contribution in [0.15, 0.2) is 33.9 Å². The van der Waals surface area contributed by atoms with Gasteiger partial charge in [0, 0.05) is 0 Å². The highest BCUT2D eigenvalue weighted by molar-refractivity contribution is 5.79. The van der Waals surface area contributed by atoms with Gasteiger partial charge in [0.25, 0.3) is 5.56 Å². The summed E-state index contributed by atoms with van der Waals surface area (Å²) in [6, 6.07) is 6.96. The normalized spacial score (nSPS) is 13.1. The fourth-order valence-corrected chi connectivity index (χ4v) is 2.63. The van der Waals surface area contributed by atoms with Gasteiger partial charge in [0.05, 0.1) is 23.7 Å². The summed E-state index contributed by atoms with van der Waals surface area (Å²) in [5, 5.41) is 9.77. The zero-order chi connectivity index (χ0) is 15.9. The average molecular weight is 300 g/mol. The van der Waals surface area contributed by atoms with Crippen molar-refractivity contribution in [3.8, 4) is 11.5 Å². The molecule has 3 rings (SSSR count). The Kier molecular flexibility index (Phi) is 3.50. The highest BCUT2D eigenvalue weighted by Crippen LogP contribution is 2.28. The Morgan fingerprint density at radius 2 is 1.95 bits per heavy atom. The second-order valence-corrected chi connectivity index (χ2v) is 5.51. The van der Waals surface area contributed by atoms with E-state index in [1.165, 1.54) is 0 Å². The number of hydrogen-bond acceptors (Lipinski definition) is 5. The van der Waals surface area contributed by atoms with Crippen LogP contribution < -0.4 is 11.2 Å². The summed E-state index contributed by atoms with van der Waals surface area (Å²) in [4.78, 5) is 34.0. The first-order valence-electron chi connectivity index (χ1n) is 7.05. The molecule has 1 aromatic rings. The van der Waals surface area contributed by atoms with E-state index < -0.39 is 11.2 Å². The predicted octanol–water partition coefficient (Wildman–Crippen LogP) is 0.774. The van der Waals surface area contributed by atoms with Crippen LogP contribution >= 0.6 is 0 Å². The van der Waals surface area contributed by atoms with E-state index in [9.17, 15) is 14.7 Å². The first kappa shape index (κ1) is 14.4. The maximum Gasteiger partial charge on any atom is 0.349 e. The van der Waals surface area contributed by atoms with Gasteiger partial charge in [0.15, 0.2) is 11.5 Å². The van der Waals surface area contributed by atoms with Crippen molar-refractivity contribution < 1.29 is 5.11 Å². The molecule has 0 fully saturated rings. The number of rotatable bonds is 3. The first-order chi connectivity index (χ1) is 10.5. The summed E-state index contributed by atoms with van der Waals surface area (Å²) >= 11 is 0. The van der Waals surface area contributed by atoms with E-state index >= 15 is 0 Å². The lowest BCUT2D eigenvalue weighted by Crippen LogP contribution is -2.31. The molecule has 114 valence electrons. The Morgan fingerprint density at radius 3 is 2.64 bits per heavy atom. The van der Waals surface area contributed by atoms with Crippen LogP contribution in [0.25, 0.3) is 22.6 Å². The number of para-hydroxylation sites is 2. The maximum atomic E-state index is 12.0. The lowest BCUT2D eigenvalue weighted by molar-refractivity contribution is 0.196. The van der Waals surface area contributed by atoms with Crippen LogP contribution in [-0.4, -0.2) is 31.2 Å². The molecule has 7 heteroatoms. The van der Waals surface area contributed by atoms with Crippen molar-refractivity contribution in [1.29, 1.82) is 0 Å². The number of fused-ring (bicyclic) bond motifs is 2. The van der Waals surface area contributed by atoms with Crippen LogP contribution in [0.3, 0.4) is 0 Å². The fourth-order valence-electron chi connectivity index (χ4n) is 2.63. The Balaban J connectivity index is 2.53. The van der Waals surface area contributed by atoms with E-state index in [1.807, 2.05) is 32.0 Å². The van der Waals surface area contributed by atoms with Crippen molar-refractivity contribution >= 4 is 11.0 Å². The molecule has 1 atom stereocenters. The minimum Gasteiger partial charge on any atom is -0.394 e. The minimum atomic E-state index is -0.719. The molecule has 0 radical (unpaired) electrons. The third-order valence-electron chi connectivity index (χ3n) is 3.74. The van der Waals surface area contributed by atoms with Crippen molar-refractivity contribution in [2.45, 2.75) is 19.9 Å². The predicted molar refractivity (Wildman–Crippen MR) is 82.0 cm³/mol. The molecule has 0 saturated heterocycles. The smallest absolute Gasteiger partial charge is 0.349 e. The molecule has 7 nitrogen and oxygen atoms in total. The van der Waals surface area contributed by atoms with Gasteiger partial charge in [-0.15, -0.1) is 0 Å². The molecular formula is C15H16N4O3. The van der Waals surface area contributed by atoms with Crippen LogP contribution in [0.4, 0.5) is 0 Å². The number of aliphatic hydroxyl groups is 1. The van der Waals surface area contributed by atoms with Gasteiger partial charge in [-0.25, -0.2) is 9.78 Å². The standard InChI is InChI=1S/C15H16N4O3/c1-8(2)11(7-20)19-10-6-4-3-5-9(10)16-12-13(19)17-15(22)18-14(12)21/h3-6,8,11,20H,7H2,1-2H3,(H,18,21,22)/t11-/m1/s1. The zero-order valence-electron chi connectivity index (χ0n) is 12.3. The van der Waals surface area contributed by atoms with Gasteiger partial charge in [-0.05, 0) is 18.1 Å². The Labute approximate surface area is 125 Å². The molecule has 2 heterocycles. The second kappa shape index (κ2) is 5.34. The molecule has 2 aliphatic heterocycles. The highest BCUT2D eigenvalue weighted by Gasteiger charge is 2.24. The van der Waals surface area contributed by atoms with Crippen LogP contribution in [0.2, 0.25) is 0 Å². The lowest BCUT2D eigenvalue weighted by Gasteiger charge is -2.26. The molecule has 1 aromatic carbocycles. The van der Waals surface area contributed by atoms with Crippen molar-refractivity contribution in [3.63, 3.8) is 0 Å². The Bertz CT molecular complexity index is 913. The van der Waals surface area contributed by atoms with E-state index in [0.717, 1.165) is 5.52 Å². The van der Waals surface area contributed by atoms with Crippen LogP contribution in [0.1, 0.15) is 19.9 Å². The SMILES string of the molecule is CC(C)[C@@H](CO)n1c2nc(=O)[nH]c(=O)c-2nc2ccccc21. The average Bonchev–Trinajstić information content (AvgIpc) is 2.48.